The molecule has 146 valence electrons. The molecule has 0 radical (unpaired) electrons. The maximum Gasteiger partial charge on any atom is 0.250 e. The van der Waals surface area contributed by atoms with E-state index in [9.17, 15) is 4.79 Å². The Kier molecular flexibility index (Phi) is 5.67. The Bertz CT molecular complexity index is 969. The van der Waals surface area contributed by atoms with Gasteiger partial charge in [-0.3, -0.25) is 9.78 Å². The minimum atomic E-state index is 0.0160. The van der Waals surface area contributed by atoms with Gasteiger partial charge >= 0.3 is 0 Å². The zero-order valence-electron chi connectivity index (χ0n) is 16.3. The highest BCUT2D eigenvalue weighted by Crippen LogP contribution is 2.22. The highest BCUT2D eigenvalue weighted by molar-refractivity contribution is 5.61. The summed E-state index contributed by atoms with van der Waals surface area (Å²) in [4.78, 5) is 16.6. The molecule has 1 saturated heterocycles. The Labute approximate surface area is 164 Å². The van der Waals surface area contributed by atoms with Crippen LogP contribution in [0.25, 0.3) is 16.8 Å². The summed E-state index contributed by atoms with van der Waals surface area (Å²) in [5.41, 5.74) is 4.09. The number of rotatable bonds is 6. The maximum atomic E-state index is 11.9. The van der Waals surface area contributed by atoms with Crippen LogP contribution in [0.3, 0.4) is 0 Å². The van der Waals surface area contributed by atoms with Crippen LogP contribution < -0.4 is 5.56 Å². The molecule has 3 aromatic heterocycles. The van der Waals surface area contributed by atoms with E-state index in [1.54, 1.807) is 21.4 Å². The first kappa shape index (κ1) is 18.6. The monoisotopic (exact) mass is 378 g/mol. The van der Waals surface area contributed by atoms with Crippen LogP contribution in [0, 0.1) is 5.92 Å². The molecule has 0 aromatic carbocycles. The van der Waals surface area contributed by atoms with E-state index in [1.807, 2.05) is 24.8 Å². The summed E-state index contributed by atoms with van der Waals surface area (Å²) in [7, 11) is 0. The number of pyridine rings is 2. The van der Waals surface area contributed by atoms with Crippen molar-refractivity contribution in [3.63, 3.8) is 0 Å². The van der Waals surface area contributed by atoms with Crippen LogP contribution >= 0.6 is 0 Å². The molecule has 0 amide bonds. The summed E-state index contributed by atoms with van der Waals surface area (Å²) in [5, 5.41) is 4.47. The van der Waals surface area contributed by atoms with Gasteiger partial charge in [0, 0.05) is 61.2 Å². The molecule has 1 fully saturated rings. The quantitative estimate of drug-likeness (QED) is 0.659. The molecule has 6 heteroatoms. The predicted molar refractivity (Wildman–Crippen MR) is 109 cm³/mol. The van der Waals surface area contributed by atoms with Crippen molar-refractivity contribution in [3.8, 4) is 16.8 Å². The molecule has 4 heterocycles. The fourth-order valence-electron chi connectivity index (χ4n) is 3.65. The lowest BCUT2D eigenvalue weighted by Gasteiger charge is -2.21. The van der Waals surface area contributed by atoms with Crippen molar-refractivity contribution < 1.29 is 4.74 Å². The first-order valence-electron chi connectivity index (χ1n) is 10.0. The number of aromatic nitrogens is 4. The molecule has 3 aromatic rings. The van der Waals surface area contributed by atoms with Crippen LogP contribution in [-0.4, -0.2) is 32.5 Å². The molecule has 28 heavy (non-hydrogen) atoms. The second-order valence-electron chi connectivity index (χ2n) is 7.39. The van der Waals surface area contributed by atoms with Crippen LogP contribution in [-0.2, 0) is 17.7 Å². The van der Waals surface area contributed by atoms with Gasteiger partial charge in [0.2, 0.25) is 0 Å². The highest BCUT2D eigenvalue weighted by atomic mass is 16.5. The van der Waals surface area contributed by atoms with E-state index in [2.05, 4.69) is 29.1 Å². The number of aryl methyl sites for hydroxylation is 1. The first-order valence-corrected chi connectivity index (χ1v) is 10.0. The summed E-state index contributed by atoms with van der Waals surface area (Å²) in [6, 6.07) is 7.63. The first-order chi connectivity index (χ1) is 13.7. The van der Waals surface area contributed by atoms with Gasteiger partial charge in [0.25, 0.3) is 5.56 Å². The summed E-state index contributed by atoms with van der Waals surface area (Å²) >= 11 is 0. The Morgan fingerprint density at radius 1 is 1.07 bits per heavy atom. The standard InChI is InChI=1S/C22H26N4O2/c1-2-9-25-16-21(5-6-22(25)27)26-15-19(14-24-26)18-3-4-20(23-13-18)12-17-7-10-28-11-8-17/h3-6,13-17H,2,7-12H2,1H3. The van der Waals surface area contributed by atoms with Gasteiger partial charge in [0.05, 0.1) is 11.9 Å². The lowest BCUT2D eigenvalue weighted by Crippen LogP contribution is -2.19. The summed E-state index contributed by atoms with van der Waals surface area (Å²) < 4.78 is 8.96. The molecule has 0 N–H and O–H groups in total. The van der Waals surface area contributed by atoms with E-state index in [0.29, 0.717) is 12.5 Å². The van der Waals surface area contributed by atoms with Crippen LogP contribution in [0.2, 0.25) is 0 Å². The SMILES string of the molecule is CCCn1cc(-n2cc(-c3ccc(CC4CCOCC4)nc3)cn2)ccc1=O. The second kappa shape index (κ2) is 8.52. The van der Waals surface area contributed by atoms with Crippen LogP contribution in [0.4, 0.5) is 0 Å². The van der Waals surface area contributed by atoms with E-state index < -0.39 is 0 Å². The average Bonchev–Trinajstić information content (AvgIpc) is 3.21. The molecule has 0 unspecified atom stereocenters. The predicted octanol–water partition coefficient (Wildman–Crippen LogP) is 3.48. The van der Waals surface area contributed by atoms with E-state index in [0.717, 1.165) is 61.4 Å². The third kappa shape index (κ3) is 4.22. The molecule has 0 atom stereocenters. The van der Waals surface area contributed by atoms with Crippen molar-refractivity contribution in [3.05, 3.63) is 65.1 Å². The van der Waals surface area contributed by atoms with Gasteiger partial charge in [0.1, 0.15) is 0 Å². The van der Waals surface area contributed by atoms with Crippen molar-refractivity contribution in [2.24, 2.45) is 5.92 Å². The third-order valence-corrected chi connectivity index (χ3v) is 5.28. The fraction of sp³-hybridized carbons (Fsp3) is 0.409. The zero-order valence-corrected chi connectivity index (χ0v) is 16.3. The Hall–Kier alpha value is -2.73. The lowest BCUT2D eigenvalue weighted by molar-refractivity contribution is 0.0663. The Morgan fingerprint density at radius 2 is 1.93 bits per heavy atom. The molecule has 0 spiro atoms. The molecule has 1 aliphatic heterocycles. The third-order valence-electron chi connectivity index (χ3n) is 5.28. The zero-order chi connectivity index (χ0) is 19.3. The smallest absolute Gasteiger partial charge is 0.250 e. The molecule has 6 nitrogen and oxygen atoms in total. The van der Waals surface area contributed by atoms with Gasteiger partial charge in [0.15, 0.2) is 0 Å². The van der Waals surface area contributed by atoms with E-state index >= 15 is 0 Å². The molecule has 0 aliphatic carbocycles. The van der Waals surface area contributed by atoms with Gasteiger partial charge in [-0.25, -0.2) is 4.68 Å². The van der Waals surface area contributed by atoms with Gasteiger partial charge in [-0.1, -0.05) is 13.0 Å². The van der Waals surface area contributed by atoms with Crippen molar-refractivity contribution in [2.75, 3.05) is 13.2 Å². The molecule has 0 saturated carbocycles. The highest BCUT2D eigenvalue weighted by Gasteiger charge is 2.15. The summed E-state index contributed by atoms with van der Waals surface area (Å²) in [6.07, 6.45) is 11.8. The molecule has 1 aliphatic rings. The van der Waals surface area contributed by atoms with E-state index in [4.69, 9.17) is 4.74 Å². The van der Waals surface area contributed by atoms with Gasteiger partial charge in [-0.05, 0) is 43.7 Å². The van der Waals surface area contributed by atoms with Crippen molar-refractivity contribution in [1.82, 2.24) is 19.3 Å². The number of hydrogen-bond acceptors (Lipinski definition) is 4. The van der Waals surface area contributed by atoms with Crippen molar-refractivity contribution in [2.45, 2.75) is 39.2 Å². The van der Waals surface area contributed by atoms with Crippen molar-refractivity contribution in [1.29, 1.82) is 0 Å². The number of nitrogens with zero attached hydrogens (tertiary/aromatic N) is 4. The summed E-state index contributed by atoms with van der Waals surface area (Å²) in [6.45, 7) is 4.50. The average molecular weight is 378 g/mol. The second-order valence-corrected chi connectivity index (χ2v) is 7.39. The fourth-order valence-corrected chi connectivity index (χ4v) is 3.65. The minimum absolute atomic E-state index is 0.0160. The van der Waals surface area contributed by atoms with Crippen LogP contribution in [0.1, 0.15) is 31.9 Å². The van der Waals surface area contributed by atoms with Gasteiger partial charge < -0.3 is 9.30 Å². The van der Waals surface area contributed by atoms with E-state index in [-0.39, 0.29) is 5.56 Å². The van der Waals surface area contributed by atoms with Crippen LogP contribution in [0.5, 0.6) is 0 Å². The topological polar surface area (TPSA) is 61.9 Å². The normalized spacial score (nSPS) is 15.0. The van der Waals surface area contributed by atoms with Crippen molar-refractivity contribution >= 4 is 0 Å². The number of hydrogen-bond donors (Lipinski definition) is 0. The summed E-state index contributed by atoms with van der Waals surface area (Å²) in [5.74, 6) is 0.675. The van der Waals surface area contributed by atoms with Gasteiger partial charge in [-0.15, -0.1) is 0 Å². The molecular weight excluding hydrogens is 352 g/mol. The Balaban J connectivity index is 1.49. The maximum absolute atomic E-state index is 11.9. The largest absolute Gasteiger partial charge is 0.381 e. The lowest BCUT2D eigenvalue weighted by atomic mass is 9.94. The van der Waals surface area contributed by atoms with Crippen LogP contribution in [0.15, 0.2) is 53.8 Å². The molecule has 0 bridgehead atoms. The number of ether oxygens (including phenoxy) is 1. The molecular formula is C22H26N4O2. The van der Waals surface area contributed by atoms with Gasteiger partial charge in [-0.2, -0.15) is 5.10 Å². The molecule has 4 rings (SSSR count). The van der Waals surface area contributed by atoms with E-state index in [1.165, 1.54) is 0 Å². The Morgan fingerprint density at radius 3 is 2.68 bits per heavy atom. The minimum Gasteiger partial charge on any atom is -0.381 e.